The standard InChI is InChI=1S/C14H17N5O3/c1-11(10-18-8-2-7-16-18)9-15-14(20)17-12-3-5-13(6-4-12)19(21)22/h2-8,11H,9-10H2,1H3,(H2,15,17,20). The highest BCUT2D eigenvalue weighted by atomic mass is 16.6. The number of amides is 2. The third kappa shape index (κ3) is 4.58. The van der Waals surface area contributed by atoms with Gasteiger partial charge in [0.15, 0.2) is 0 Å². The normalized spacial score (nSPS) is 11.7. The number of carbonyl (C=O) groups is 1. The molecule has 0 radical (unpaired) electrons. The summed E-state index contributed by atoms with van der Waals surface area (Å²) in [5.41, 5.74) is 0.488. The predicted octanol–water partition coefficient (Wildman–Crippen LogP) is 2.25. The Hall–Kier alpha value is -2.90. The molecule has 1 aromatic heterocycles. The van der Waals surface area contributed by atoms with Gasteiger partial charge in [0.2, 0.25) is 0 Å². The van der Waals surface area contributed by atoms with E-state index in [0.717, 1.165) is 0 Å². The van der Waals surface area contributed by atoms with Gasteiger partial charge in [0.05, 0.1) is 4.92 Å². The van der Waals surface area contributed by atoms with Gasteiger partial charge >= 0.3 is 6.03 Å². The van der Waals surface area contributed by atoms with Crippen LogP contribution in [-0.4, -0.2) is 27.3 Å². The quantitative estimate of drug-likeness (QED) is 0.631. The molecule has 2 N–H and O–H groups in total. The Balaban J connectivity index is 1.76. The van der Waals surface area contributed by atoms with Crippen LogP contribution in [0.5, 0.6) is 0 Å². The molecule has 0 aliphatic rings. The average molecular weight is 303 g/mol. The summed E-state index contributed by atoms with van der Waals surface area (Å²) in [4.78, 5) is 21.8. The van der Waals surface area contributed by atoms with E-state index in [1.165, 1.54) is 24.3 Å². The van der Waals surface area contributed by atoms with Crippen LogP contribution in [-0.2, 0) is 6.54 Å². The molecule has 0 saturated heterocycles. The lowest BCUT2D eigenvalue weighted by Crippen LogP contribution is -2.33. The first-order chi connectivity index (χ1) is 10.5. The van der Waals surface area contributed by atoms with Crippen LogP contribution in [0.15, 0.2) is 42.7 Å². The van der Waals surface area contributed by atoms with Crippen LogP contribution in [0.4, 0.5) is 16.2 Å². The van der Waals surface area contributed by atoms with Gasteiger partial charge in [0.1, 0.15) is 0 Å². The zero-order chi connectivity index (χ0) is 15.9. The number of benzene rings is 1. The van der Waals surface area contributed by atoms with Crippen molar-refractivity contribution in [3.8, 4) is 0 Å². The summed E-state index contributed by atoms with van der Waals surface area (Å²) < 4.78 is 1.81. The average Bonchev–Trinajstić information content (AvgIpc) is 2.98. The highest BCUT2D eigenvalue weighted by molar-refractivity contribution is 5.89. The molecule has 1 heterocycles. The monoisotopic (exact) mass is 303 g/mol. The van der Waals surface area contributed by atoms with Crippen molar-refractivity contribution in [3.63, 3.8) is 0 Å². The topological polar surface area (TPSA) is 102 Å². The van der Waals surface area contributed by atoms with Crippen molar-refractivity contribution in [2.45, 2.75) is 13.5 Å². The maximum atomic E-state index is 11.8. The summed E-state index contributed by atoms with van der Waals surface area (Å²) in [7, 11) is 0. The molecule has 8 nitrogen and oxygen atoms in total. The van der Waals surface area contributed by atoms with Gasteiger partial charge in [0, 0.05) is 43.3 Å². The number of hydrogen-bond acceptors (Lipinski definition) is 4. The van der Waals surface area contributed by atoms with Crippen LogP contribution in [0.2, 0.25) is 0 Å². The summed E-state index contributed by atoms with van der Waals surface area (Å²) in [6.07, 6.45) is 3.58. The van der Waals surface area contributed by atoms with Gasteiger partial charge in [-0.3, -0.25) is 14.8 Å². The molecule has 8 heteroatoms. The molecule has 0 aliphatic heterocycles. The minimum absolute atomic E-state index is 0.0150. The highest BCUT2D eigenvalue weighted by Gasteiger charge is 2.08. The van der Waals surface area contributed by atoms with E-state index in [2.05, 4.69) is 15.7 Å². The van der Waals surface area contributed by atoms with E-state index in [1.54, 1.807) is 10.9 Å². The van der Waals surface area contributed by atoms with Crippen molar-refractivity contribution in [2.75, 3.05) is 11.9 Å². The minimum Gasteiger partial charge on any atom is -0.338 e. The molecule has 0 fully saturated rings. The number of nitrogens with zero attached hydrogens (tertiary/aromatic N) is 3. The van der Waals surface area contributed by atoms with Gasteiger partial charge in [-0.05, 0) is 24.1 Å². The molecule has 2 amide bonds. The summed E-state index contributed by atoms with van der Waals surface area (Å²) in [6, 6.07) is 7.17. The molecule has 0 saturated carbocycles. The van der Waals surface area contributed by atoms with E-state index in [9.17, 15) is 14.9 Å². The Morgan fingerprint density at radius 1 is 1.41 bits per heavy atom. The fourth-order valence-corrected chi connectivity index (χ4v) is 1.90. The number of urea groups is 1. The maximum absolute atomic E-state index is 11.8. The SMILES string of the molecule is CC(CNC(=O)Nc1ccc([N+](=O)[O-])cc1)Cn1cccn1. The molecule has 116 valence electrons. The number of anilines is 1. The second-order valence-corrected chi connectivity index (χ2v) is 4.97. The van der Waals surface area contributed by atoms with E-state index in [4.69, 9.17) is 0 Å². The lowest BCUT2D eigenvalue weighted by molar-refractivity contribution is -0.384. The van der Waals surface area contributed by atoms with Crippen LogP contribution in [0.25, 0.3) is 0 Å². The number of hydrogen-bond donors (Lipinski definition) is 2. The van der Waals surface area contributed by atoms with Crippen molar-refractivity contribution in [1.29, 1.82) is 0 Å². The van der Waals surface area contributed by atoms with E-state index >= 15 is 0 Å². The maximum Gasteiger partial charge on any atom is 0.319 e. The number of nitro benzene ring substituents is 1. The highest BCUT2D eigenvalue weighted by Crippen LogP contribution is 2.15. The molecule has 2 aromatic rings. The van der Waals surface area contributed by atoms with Crippen molar-refractivity contribution in [1.82, 2.24) is 15.1 Å². The molecule has 0 bridgehead atoms. The fraction of sp³-hybridized carbons (Fsp3) is 0.286. The van der Waals surface area contributed by atoms with Crippen LogP contribution in [0, 0.1) is 16.0 Å². The second kappa shape index (κ2) is 7.21. The summed E-state index contributed by atoms with van der Waals surface area (Å²) in [6.45, 7) is 3.22. The largest absolute Gasteiger partial charge is 0.338 e. The molecular weight excluding hydrogens is 286 g/mol. The van der Waals surface area contributed by atoms with Crippen LogP contribution in [0.3, 0.4) is 0 Å². The molecule has 2 rings (SSSR count). The predicted molar refractivity (Wildman–Crippen MR) is 81.5 cm³/mol. The minimum atomic E-state index is -0.485. The fourth-order valence-electron chi connectivity index (χ4n) is 1.90. The van der Waals surface area contributed by atoms with Crippen molar-refractivity contribution in [2.24, 2.45) is 5.92 Å². The molecule has 0 aliphatic carbocycles. The molecule has 22 heavy (non-hydrogen) atoms. The molecule has 1 unspecified atom stereocenters. The lowest BCUT2D eigenvalue weighted by Gasteiger charge is -2.13. The summed E-state index contributed by atoms with van der Waals surface area (Å²) >= 11 is 0. The first kappa shape index (κ1) is 15.5. The Bertz CT molecular complexity index is 624. The summed E-state index contributed by atoms with van der Waals surface area (Å²) in [5.74, 6) is 0.225. The number of non-ortho nitro benzene ring substituents is 1. The molecule has 0 spiro atoms. The molecular formula is C14H17N5O3. The van der Waals surface area contributed by atoms with Crippen LogP contribution >= 0.6 is 0 Å². The Morgan fingerprint density at radius 3 is 2.73 bits per heavy atom. The van der Waals surface area contributed by atoms with Crippen LogP contribution < -0.4 is 10.6 Å². The number of aromatic nitrogens is 2. The Labute approximate surface area is 127 Å². The van der Waals surface area contributed by atoms with E-state index in [1.807, 2.05) is 19.2 Å². The number of nitro groups is 1. The summed E-state index contributed by atoms with van der Waals surface area (Å²) in [5, 5.41) is 20.0. The number of nitrogens with one attached hydrogen (secondary N) is 2. The first-order valence-electron chi connectivity index (χ1n) is 6.81. The van der Waals surface area contributed by atoms with Gasteiger partial charge in [0.25, 0.3) is 5.69 Å². The van der Waals surface area contributed by atoms with Crippen molar-refractivity contribution >= 4 is 17.4 Å². The van der Waals surface area contributed by atoms with E-state index < -0.39 is 4.92 Å². The van der Waals surface area contributed by atoms with Crippen LogP contribution in [0.1, 0.15) is 6.92 Å². The zero-order valence-electron chi connectivity index (χ0n) is 12.1. The van der Waals surface area contributed by atoms with Gasteiger partial charge in [-0.25, -0.2) is 4.79 Å². The number of carbonyl (C=O) groups excluding carboxylic acids is 1. The second-order valence-electron chi connectivity index (χ2n) is 4.97. The van der Waals surface area contributed by atoms with E-state index in [0.29, 0.717) is 18.8 Å². The molecule has 1 aromatic carbocycles. The zero-order valence-corrected chi connectivity index (χ0v) is 12.1. The first-order valence-corrected chi connectivity index (χ1v) is 6.81. The van der Waals surface area contributed by atoms with Crippen molar-refractivity contribution in [3.05, 3.63) is 52.8 Å². The Morgan fingerprint density at radius 2 is 2.14 bits per heavy atom. The van der Waals surface area contributed by atoms with Gasteiger partial charge in [-0.2, -0.15) is 5.10 Å². The van der Waals surface area contributed by atoms with E-state index in [-0.39, 0.29) is 17.6 Å². The number of rotatable bonds is 6. The van der Waals surface area contributed by atoms with Gasteiger partial charge < -0.3 is 10.6 Å². The van der Waals surface area contributed by atoms with Gasteiger partial charge in [-0.1, -0.05) is 6.92 Å². The third-order valence-electron chi connectivity index (χ3n) is 3.00. The third-order valence-corrected chi connectivity index (χ3v) is 3.00. The Kier molecular flexibility index (Phi) is 5.07. The lowest BCUT2D eigenvalue weighted by atomic mass is 10.2. The smallest absolute Gasteiger partial charge is 0.319 e. The van der Waals surface area contributed by atoms with Crippen molar-refractivity contribution < 1.29 is 9.72 Å². The molecule has 1 atom stereocenters. The van der Waals surface area contributed by atoms with Gasteiger partial charge in [-0.15, -0.1) is 0 Å².